The quantitative estimate of drug-likeness (QED) is 0.744. The molecule has 0 saturated carbocycles. The van der Waals surface area contributed by atoms with Crippen LogP contribution in [0.5, 0.6) is 0 Å². The summed E-state index contributed by atoms with van der Waals surface area (Å²) < 4.78 is 31.6. The van der Waals surface area contributed by atoms with Crippen LogP contribution >= 0.6 is 0 Å². The Hall–Kier alpha value is -2.28. The number of carbonyl (C=O) groups excluding carboxylic acids is 1. The maximum absolute atomic E-state index is 12.6. The van der Waals surface area contributed by atoms with Crippen molar-refractivity contribution in [2.75, 3.05) is 17.1 Å². The van der Waals surface area contributed by atoms with E-state index in [1.54, 1.807) is 12.1 Å². The molecule has 1 aromatic heterocycles. The number of benzene rings is 1. The van der Waals surface area contributed by atoms with Crippen molar-refractivity contribution in [3.63, 3.8) is 0 Å². The largest absolute Gasteiger partial charge is 0.467 e. The minimum absolute atomic E-state index is 0.120. The number of amides is 1. The molecule has 0 fully saturated rings. The lowest BCUT2D eigenvalue weighted by Gasteiger charge is -2.29. The molecule has 1 N–H and O–H groups in total. The Morgan fingerprint density at radius 1 is 1.07 bits per heavy atom. The topological polar surface area (TPSA) is 79.6 Å². The van der Waals surface area contributed by atoms with Crippen LogP contribution in [0, 0.1) is 0 Å². The highest BCUT2D eigenvalue weighted by Crippen LogP contribution is 2.36. The van der Waals surface area contributed by atoms with E-state index in [0.29, 0.717) is 11.4 Å². The molecule has 0 saturated heterocycles. The predicted octanol–water partition coefficient (Wildman–Crippen LogP) is 3.61. The van der Waals surface area contributed by atoms with Crippen LogP contribution in [0.1, 0.15) is 56.4 Å². The van der Waals surface area contributed by atoms with Crippen molar-refractivity contribution in [1.29, 1.82) is 0 Å². The lowest BCUT2D eigenvalue weighted by atomic mass is 9.92. The lowest BCUT2D eigenvalue weighted by molar-refractivity contribution is -0.119. The number of sulfonamides is 1. The number of nitrogens with one attached hydrogen (secondary N) is 1. The van der Waals surface area contributed by atoms with Gasteiger partial charge in [0.05, 0.1) is 24.8 Å². The summed E-state index contributed by atoms with van der Waals surface area (Å²) in [6.45, 7) is 8.00. The molecule has 2 aromatic rings. The number of anilines is 1. The first-order valence-electron chi connectivity index (χ1n) is 9.00. The maximum Gasteiger partial charge on any atom is 0.241 e. The third-order valence-corrected chi connectivity index (χ3v) is 5.43. The van der Waals surface area contributed by atoms with Gasteiger partial charge in [-0.2, -0.15) is 0 Å². The van der Waals surface area contributed by atoms with Crippen LogP contribution in [0.3, 0.4) is 0 Å². The summed E-state index contributed by atoms with van der Waals surface area (Å²) in [6, 6.07) is 9.26. The van der Waals surface area contributed by atoms with Gasteiger partial charge in [-0.15, -0.1) is 0 Å². The fraction of sp³-hybridized carbons (Fsp3) is 0.450. The third-order valence-electron chi connectivity index (χ3n) is 4.32. The minimum atomic E-state index is -3.65. The Morgan fingerprint density at radius 3 is 2.11 bits per heavy atom. The molecule has 0 aliphatic rings. The van der Waals surface area contributed by atoms with Crippen LogP contribution in [-0.2, 0) is 21.4 Å². The standard InChI is InChI=1S/C20H28N2O4S/c1-14(2)17-9-6-10-18(15(3)4)20(17)22(27(5,24)25)13-19(23)21-12-16-8-7-11-26-16/h6-11,14-15H,12-13H2,1-5H3,(H,21,23). The molecule has 7 heteroatoms. The summed E-state index contributed by atoms with van der Waals surface area (Å²) >= 11 is 0. The summed E-state index contributed by atoms with van der Waals surface area (Å²) in [7, 11) is -3.65. The van der Waals surface area contributed by atoms with Crippen LogP contribution in [0.25, 0.3) is 0 Å². The van der Waals surface area contributed by atoms with Crippen molar-refractivity contribution in [2.24, 2.45) is 0 Å². The monoisotopic (exact) mass is 392 g/mol. The molecule has 1 heterocycles. The fourth-order valence-corrected chi connectivity index (χ4v) is 3.84. The van der Waals surface area contributed by atoms with Crippen molar-refractivity contribution < 1.29 is 17.6 Å². The molecule has 27 heavy (non-hydrogen) atoms. The zero-order valence-corrected chi connectivity index (χ0v) is 17.3. The highest BCUT2D eigenvalue weighted by Gasteiger charge is 2.27. The van der Waals surface area contributed by atoms with Crippen LogP contribution < -0.4 is 9.62 Å². The van der Waals surface area contributed by atoms with E-state index < -0.39 is 10.0 Å². The van der Waals surface area contributed by atoms with Gasteiger partial charge in [-0.3, -0.25) is 9.10 Å². The molecule has 1 amide bonds. The average Bonchev–Trinajstić information content (AvgIpc) is 3.09. The Labute approximate surface area is 161 Å². The second-order valence-electron chi connectivity index (χ2n) is 7.22. The number of hydrogen-bond donors (Lipinski definition) is 1. The Bertz CT molecular complexity index is 845. The van der Waals surface area contributed by atoms with Gasteiger partial charge in [-0.25, -0.2) is 8.42 Å². The minimum Gasteiger partial charge on any atom is -0.467 e. The summed E-state index contributed by atoms with van der Waals surface area (Å²) in [4.78, 5) is 12.5. The molecule has 0 atom stereocenters. The fourth-order valence-electron chi connectivity index (χ4n) is 2.95. The van der Waals surface area contributed by atoms with Crippen LogP contribution in [0.4, 0.5) is 5.69 Å². The SMILES string of the molecule is CC(C)c1cccc(C(C)C)c1N(CC(=O)NCc1ccco1)S(C)(=O)=O. The second-order valence-corrected chi connectivity index (χ2v) is 9.13. The zero-order valence-electron chi connectivity index (χ0n) is 16.5. The third kappa shape index (κ3) is 5.35. The van der Waals surface area contributed by atoms with Crippen molar-refractivity contribution >= 4 is 21.6 Å². The number of nitrogens with zero attached hydrogens (tertiary/aromatic N) is 1. The van der Waals surface area contributed by atoms with Gasteiger partial charge in [-0.1, -0.05) is 45.9 Å². The predicted molar refractivity (Wildman–Crippen MR) is 107 cm³/mol. The number of para-hydroxylation sites is 1. The van der Waals surface area contributed by atoms with Gasteiger partial charge in [0.2, 0.25) is 15.9 Å². The van der Waals surface area contributed by atoms with Gasteiger partial charge in [0.1, 0.15) is 12.3 Å². The van der Waals surface area contributed by atoms with E-state index in [0.717, 1.165) is 17.4 Å². The molecule has 0 aliphatic heterocycles. The van der Waals surface area contributed by atoms with Crippen LogP contribution in [0.15, 0.2) is 41.0 Å². The number of rotatable bonds is 8. The van der Waals surface area contributed by atoms with Crippen LogP contribution in [-0.4, -0.2) is 27.1 Å². The second kappa shape index (κ2) is 8.61. The van der Waals surface area contributed by atoms with Gasteiger partial charge in [0, 0.05) is 0 Å². The zero-order chi connectivity index (χ0) is 20.2. The van der Waals surface area contributed by atoms with Gasteiger partial charge in [0.25, 0.3) is 0 Å². The van der Waals surface area contributed by atoms with Gasteiger partial charge in [0.15, 0.2) is 0 Å². The highest BCUT2D eigenvalue weighted by atomic mass is 32.2. The van der Waals surface area contributed by atoms with Crippen LogP contribution in [0.2, 0.25) is 0 Å². The maximum atomic E-state index is 12.6. The van der Waals surface area contributed by atoms with E-state index in [1.165, 1.54) is 10.6 Å². The Balaban J connectivity index is 2.38. The lowest BCUT2D eigenvalue weighted by Crippen LogP contribution is -2.41. The summed E-state index contributed by atoms with van der Waals surface area (Å²) in [5.74, 6) is 0.466. The summed E-state index contributed by atoms with van der Waals surface area (Å²) in [5, 5.41) is 2.72. The molecule has 0 unspecified atom stereocenters. The van der Waals surface area contributed by atoms with E-state index in [9.17, 15) is 13.2 Å². The van der Waals surface area contributed by atoms with Gasteiger partial charge in [-0.05, 0) is 35.1 Å². The Morgan fingerprint density at radius 2 is 1.67 bits per heavy atom. The molecule has 1 aromatic carbocycles. The van der Waals surface area contributed by atoms with Crippen molar-refractivity contribution in [3.8, 4) is 0 Å². The van der Waals surface area contributed by atoms with E-state index >= 15 is 0 Å². The van der Waals surface area contributed by atoms with Crippen molar-refractivity contribution in [2.45, 2.75) is 46.1 Å². The molecule has 0 bridgehead atoms. The summed E-state index contributed by atoms with van der Waals surface area (Å²) in [6.07, 6.45) is 2.66. The molecule has 0 aliphatic carbocycles. The van der Waals surface area contributed by atoms with Gasteiger partial charge >= 0.3 is 0 Å². The molecular weight excluding hydrogens is 364 g/mol. The number of carbonyl (C=O) groups is 1. The molecular formula is C20H28N2O4S. The van der Waals surface area contributed by atoms with Crippen molar-refractivity contribution in [1.82, 2.24) is 5.32 Å². The van der Waals surface area contributed by atoms with E-state index in [2.05, 4.69) is 5.32 Å². The van der Waals surface area contributed by atoms with E-state index in [4.69, 9.17) is 4.42 Å². The first-order valence-corrected chi connectivity index (χ1v) is 10.9. The Kier molecular flexibility index (Phi) is 6.70. The molecule has 2 rings (SSSR count). The van der Waals surface area contributed by atoms with E-state index in [-0.39, 0.29) is 30.8 Å². The summed E-state index contributed by atoms with van der Waals surface area (Å²) in [5.41, 5.74) is 2.43. The first kappa shape index (κ1) is 21.0. The molecule has 6 nitrogen and oxygen atoms in total. The molecule has 148 valence electrons. The molecule has 0 radical (unpaired) electrons. The number of hydrogen-bond acceptors (Lipinski definition) is 4. The first-order chi connectivity index (χ1) is 12.6. The van der Waals surface area contributed by atoms with Crippen molar-refractivity contribution in [3.05, 3.63) is 53.5 Å². The van der Waals surface area contributed by atoms with Gasteiger partial charge < -0.3 is 9.73 Å². The number of furan rings is 1. The van der Waals surface area contributed by atoms with E-state index in [1.807, 2.05) is 45.9 Å². The normalized spacial score (nSPS) is 11.8. The highest BCUT2D eigenvalue weighted by molar-refractivity contribution is 7.92. The molecule has 0 spiro atoms. The smallest absolute Gasteiger partial charge is 0.241 e. The average molecular weight is 393 g/mol.